The van der Waals surface area contributed by atoms with E-state index >= 15 is 0 Å². The van der Waals surface area contributed by atoms with Crippen LogP contribution >= 0.6 is 0 Å². The molecule has 0 N–H and O–H groups in total. The molecule has 0 bridgehead atoms. The Hall–Kier alpha value is -1.44. The molecule has 2 rings (SSSR count). The van der Waals surface area contributed by atoms with E-state index < -0.39 is 0 Å². The Kier molecular flexibility index (Phi) is 5.08. The normalized spacial score (nSPS) is 23.1. The van der Waals surface area contributed by atoms with Crippen LogP contribution in [0.2, 0.25) is 0 Å². The van der Waals surface area contributed by atoms with Gasteiger partial charge in [-0.25, -0.2) is 0 Å². The fraction of sp³-hybridized carbons (Fsp3) is 0.467. The van der Waals surface area contributed by atoms with Gasteiger partial charge in [0.25, 0.3) is 0 Å². The Balaban J connectivity index is 0.000000686. The smallest absolute Gasteiger partial charge is 0.0456 e. The Morgan fingerprint density at radius 3 is 2.00 bits per heavy atom. The number of nitrogens with zero attached hydrogens (tertiary/aromatic N) is 2. The first-order valence-corrected chi connectivity index (χ1v) is 6.33. The lowest BCUT2D eigenvalue weighted by atomic mass is 9.81. The van der Waals surface area contributed by atoms with Crippen LogP contribution in [0.1, 0.15) is 46.1 Å². The van der Waals surface area contributed by atoms with Crippen LogP contribution in [-0.4, -0.2) is 11.4 Å². The first-order valence-electron chi connectivity index (χ1n) is 6.33. The molecule has 0 radical (unpaired) electrons. The van der Waals surface area contributed by atoms with Gasteiger partial charge in [0, 0.05) is 23.3 Å². The summed E-state index contributed by atoms with van der Waals surface area (Å²) in [5, 5.41) is 8.40. The summed E-state index contributed by atoms with van der Waals surface area (Å²) in [5.41, 5.74) is 3.56. The lowest BCUT2D eigenvalue weighted by Crippen LogP contribution is -2.26. The van der Waals surface area contributed by atoms with Gasteiger partial charge in [0.2, 0.25) is 0 Å². The molecule has 2 unspecified atom stereocenters. The molecule has 0 spiro atoms. The molecular weight excluding hydrogens is 208 g/mol. The van der Waals surface area contributed by atoms with Crippen molar-refractivity contribution in [2.75, 3.05) is 0 Å². The molecule has 1 aromatic rings. The van der Waals surface area contributed by atoms with Crippen molar-refractivity contribution in [2.24, 2.45) is 16.1 Å². The van der Waals surface area contributed by atoms with Crippen molar-refractivity contribution in [2.45, 2.75) is 40.5 Å². The summed E-state index contributed by atoms with van der Waals surface area (Å²) in [4.78, 5) is 0. The van der Waals surface area contributed by atoms with Gasteiger partial charge in [-0.2, -0.15) is 10.2 Å². The molecule has 0 saturated heterocycles. The van der Waals surface area contributed by atoms with Gasteiger partial charge in [-0.3, -0.25) is 0 Å². The summed E-state index contributed by atoms with van der Waals surface area (Å²) >= 11 is 0. The highest BCUT2D eigenvalue weighted by atomic mass is 15.2. The third kappa shape index (κ3) is 3.02. The molecule has 0 fully saturated rings. The first-order chi connectivity index (χ1) is 8.20. The fourth-order valence-electron chi connectivity index (χ4n) is 2.10. The zero-order valence-corrected chi connectivity index (χ0v) is 11.4. The van der Waals surface area contributed by atoms with Crippen LogP contribution in [0.25, 0.3) is 0 Å². The predicted molar refractivity (Wildman–Crippen MR) is 75.9 cm³/mol. The molecule has 1 aliphatic rings. The first kappa shape index (κ1) is 13.6. The third-order valence-electron chi connectivity index (χ3n) is 3.13. The Labute approximate surface area is 104 Å². The van der Waals surface area contributed by atoms with Gasteiger partial charge in [-0.1, -0.05) is 51.1 Å². The Morgan fingerprint density at radius 2 is 1.41 bits per heavy atom. The van der Waals surface area contributed by atoms with E-state index in [1.807, 2.05) is 19.9 Å². The van der Waals surface area contributed by atoms with Crippen molar-refractivity contribution in [3.63, 3.8) is 0 Å². The van der Waals surface area contributed by atoms with Gasteiger partial charge in [0.1, 0.15) is 0 Å². The molecule has 0 saturated carbocycles. The molecule has 2 atom stereocenters. The van der Waals surface area contributed by atoms with Crippen LogP contribution in [0.5, 0.6) is 0 Å². The second kappa shape index (κ2) is 6.33. The molecule has 0 amide bonds. The van der Waals surface area contributed by atoms with E-state index in [4.69, 9.17) is 0 Å². The van der Waals surface area contributed by atoms with Crippen molar-refractivity contribution in [3.8, 4) is 0 Å². The SMILES string of the molecule is CC.CC1=NN=C(C)C(c2ccccc2)C1C. The largest absolute Gasteiger partial charge is 0.160 e. The van der Waals surface area contributed by atoms with Crippen LogP contribution < -0.4 is 0 Å². The highest BCUT2D eigenvalue weighted by Gasteiger charge is 2.26. The highest BCUT2D eigenvalue weighted by Crippen LogP contribution is 2.29. The summed E-state index contributed by atoms with van der Waals surface area (Å²) in [6.45, 7) is 10.3. The average Bonchev–Trinajstić information content (AvgIpc) is 2.38. The molecular formula is C15H22N2. The molecule has 1 heterocycles. The second-order valence-corrected chi connectivity index (χ2v) is 4.16. The lowest BCUT2D eigenvalue weighted by molar-refractivity contribution is 0.683. The van der Waals surface area contributed by atoms with Gasteiger partial charge < -0.3 is 0 Å². The van der Waals surface area contributed by atoms with Crippen LogP contribution in [0.3, 0.4) is 0 Å². The van der Waals surface area contributed by atoms with E-state index in [0.29, 0.717) is 11.8 Å². The van der Waals surface area contributed by atoms with Gasteiger partial charge in [0.05, 0.1) is 0 Å². The summed E-state index contributed by atoms with van der Waals surface area (Å²) in [6, 6.07) is 10.5. The standard InChI is InChI=1S/C13H16N2.C2H6/c1-9-10(2)14-15-11(3)13(9)12-7-5-4-6-8-12;1-2/h4-9,13H,1-3H3;1-2H3. The summed E-state index contributed by atoms with van der Waals surface area (Å²) in [7, 11) is 0. The summed E-state index contributed by atoms with van der Waals surface area (Å²) < 4.78 is 0. The molecule has 2 heteroatoms. The number of hydrogen-bond acceptors (Lipinski definition) is 2. The van der Waals surface area contributed by atoms with E-state index in [0.717, 1.165) is 11.4 Å². The zero-order valence-electron chi connectivity index (χ0n) is 11.4. The lowest BCUT2D eigenvalue weighted by Gasteiger charge is -2.26. The monoisotopic (exact) mass is 230 g/mol. The Bertz CT molecular complexity index is 404. The fourth-order valence-corrected chi connectivity index (χ4v) is 2.10. The summed E-state index contributed by atoms with van der Waals surface area (Å²) in [5.74, 6) is 0.841. The van der Waals surface area contributed by atoms with E-state index in [1.165, 1.54) is 5.56 Å². The third-order valence-corrected chi connectivity index (χ3v) is 3.13. The number of rotatable bonds is 1. The molecule has 2 nitrogen and oxygen atoms in total. The van der Waals surface area contributed by atoms with E-state index in [2.05, 4.69) is 55.2 Å². The minimum Gasteiger partial charge on any atom is -0.160 e. The second-order valence-electron chi connectivity index (χ2n) is 4.16. The van der Waals surface area contributed by atoms with Gasteiger partial charge in [-0.05, 0) is 19.4 Å². The Morgan fingerprint density at radius 1 is 0.882 bits per heavy atom. The minimum atomic E-state index is 0.392. The van der Waals surface area contributed by atoms with Crippen LogP contribution in [0.15, 0.2) is 40.5 Å². The van der Waals surface area contributed by atoms with E-state index in [-0.39, 0.29) is 0 Å². The minimum absolute atomic E-state index is 0.392. The summed E-state index contributed by atoms with van der Waals surface area (Å²) in [6.07, 6.45) is 0. The maximum absolute atomic E-state index is 4.22. The van der Waals surface area contributed by atoms with Crippen LogP contribution in [-0.2, 0) is 0 Å². The van der Waals surface area contributed by atoms with Crippen LogP contribution in [0, 0.1) is 5.92 Å². The van der Waals surface area contributed by atoms with Crippen molar-refractivity contribution < 1.29 is 0 Å². The topological polar surface area (TPSA) is 24.7 Å². The maximum atomic E-state index is 4.22. The van der Waals surface area contributed by atoms with Crippen molar-refractivity contribution in [3.05, 3.63) is 35.9 Å². The molecule has 0 aliphatic carbocycles. The molecule has 92 valence electrons. The van der Waals surface area contributed by atoms with E-state index in [1.54, 1.807) is 0 Å². The molecule has 0 aromatic heterocycles. The van der Waals surface area contributed by atoms with Gasteiger partial charge >= 0.3 is 0 Å². The van der Waals surface area contributed by atoms with Gasteiger partial charge in [0.15, 0.2) is 0 Å². The molecule has 1 aliphatic heterocycles. The average molecular weight is 230 g/mol. The maximum Gasteiger partial charge on any atom is 0.0456 e. The van der Waals surface area contributed by atoms with Gasteiger partial charge in [-0.15, -0.1) is 0 Å². The molecule has 17 heavy (non-hydrogen) atoms. The van der Waals surface area contributed by atoms with Crippen molar-refractivity contribution in [1.82, 2.24) is 0 Å². The van der Waals surface area contributed by atoms with Crippen molar-refractivity contribution in [1.29, 1.82) is 0 Å². The van der Waals surface area contributed by atoms with E-state index in [9.17, 15) is 0 Å². The highest BCUT2D eigenvalue weighted by molar-refractivity contribution is 5.98. The van der Waals surface area contributed by atoms with Crippen LogP contribution in [0.4, 0.5) is 0 Å². The number of hydrogen-bond donors (Lipinski definition) is 0. The molecule has 1 aromatic carbocycles. The number of benzene rings is 1. The predicted octanol–water partition coefficient (Wildman–Crippen LogP) is 4.28. The quantitative estimate of drug-likeness (QED) is 0.688. The zero-order chi connectivity index (χ0) is 12.8. The van der Waals surface area contributed by atoms with Crippen molar-refractivity contribution >= 4 is 11.4 Å².